The van der Waals surface area contributed by atoms with E-state index in [-0.39, 0.29) is 17.5 Å². The van der Waals surface area contributed by atoms with E-state index >= 15 is 0 Å². The van der Waals surface area contributed by atoms with Crippen molar-refractivity contribution >= 4 is 6.29 Å². The molecule has 2 N–H and O–H groups in total. The number of aldehydes is 1. The molecule has 0 amide bonds. The molecule has 1 rings (SSSR count). The van der Waals surface area contributed by atoms with Gasteiger partial charge in [0, 0.05) is 11.1 Å². The molecule has 0 aliphatic rings. The summed E-state index contributed by atoms with van der Waals surface area (Å²) in [6, 6.07) is 5.17. The molecule has 0 bridgehead atoms. The molecule has 4 nitrogen and oxygen atoms in total. The van der Waals surface area contributed by atoms with Crippen LogP contribution >= 0.6 is 0 Å². The van der Waals surface area contributed by atoms with Crippen LogP contribution < -0.4 is 0 Å². The van der Waals surface area contributed by atoms with Gasteiger partial charge in [0.2, 0.25) is 0 Å². The highest BCUT2D eigenvalue weighted by atomic mass is 19.1. The summed E-state index contributed by atoms with van der Waals surface area (Å²) in [6.45, 7) is 0. The summed E-state index contributed by atoms with van der Waals surface area (Å²) >= 11 is 0. The SMILES string of the molecule is N#CCC(O)C(O)c1ccc(C=O)cc1F. The van der Waals surface area contributed by atoms with Gasteiger partial charge in [0.25, 0.3) is 0 Å². The minimum atomic E-state index is -1.47. The minimum absolute atomic E-state index is 0.131. The van der Waals surface area contributed by atoms with Gasteiger partial charge in [-0.25, -0.2) is 4.39 Å². The second-order valence-electron chi connectivity index (χ2n) is 3.27. The lowest BCUT2D eigenvalue weighted by Crippen LogP contribution is -2.18. The topological polar surface area (TPSA) is 81.3 Å². The molecule has 0 aromatic heterocycles. The van der Waals surface area contributed by atoms with Crippen molar-refractivity contribution in [2.45, 2.75) is 18.6 Å². The lowest BCUT2D eigenvalue weighted by Gasteiger charge is -2.16. The zero-order valence-corrected chi connectivity index (χ0v) is 8.30. The molecule has 0 spiro atoms. The molecule has 0 aliphatic heterocycles. The number of hydrogen-bond acceptors (Lipinski definition) is 4. The molecule has 0 saturated carbocycles. The van der Waals surface area contributed by atoms with E-state index in [0.717, 1.165) is 6.07 Å². The Bertz CT molecular complexity index is 428. The Balaban J connectivity index is 2.96. The number of carbonyl (C=O) groups excluding carboxylic acids is 1. The molecule has 84 valence electrons. The molecule has 0 fully saturated rings. The number of rotatable bonds is 4. The van der Waals surface area contributed by atoms with Crippen LogP contribution in [0, 0.1) is 17.1 Å². The number of benzene rings is 1. The molecule has 0 radical (unpaired) electrons. The molecular formula is C11H10FNO3. The van der Waals surface area contributed by atoms with Crippen LogP contribution in [0.3, 0.4) is 0 Å². The number of halogens is 1. The van der Waals surface area contributed by atoms with E-state index in [2.05, 4.69) is 0 Å². The molecule has 1 aromatic rings. The van der Waals surface area contributed by atoms with E-state index < -0.39 is 18.0 Å². The highest BCUT2D eigenvalue weighted by molar-refractivity contribution is 5.74. The van der Waals surface area contributed by atoms with Gasteiger partial charge in [0.05, 0.1) is 18.6 Å². The molecule has 0 saturated heterocycles. The van der Waals surface area contributed by atoms with Crippen LogP contribution in [0.25, 0.3) is 0 Å². The zero-order chi connectivity index (χ0) is 12.1. The lowest BCUT2D eigenvalue weighted by atomic mass is 10.0. The van der Waals surface area contributed by atoms with Gasteiger partial charge in [0.15, 0.2) is 0 Å². The fourth-order valence-electron chi connectivity index (χ4n) is 1.27. The Morgan fingerprint density at radius 3 is 2.69 bits per heavy atom. The van der Waals surface area contributed by atoms with Gasteiger partial charge in [-0.3, -0.25) is 4.79 Å². The van der Waals surface area contributed by atoms with Crippen molar-refractivity contribution in [2.75, 3.05) is 0 Å². The monoisotopic (exact) mass is 223 g/mol. The minimum Gasteiger partial charge on any atom is -0.389 e. The molecule has 0 aliphatic carbocycles. The van der Waals surface area contributed by atoms with Crippen LogP contribution in [0.4, 0.5) is 4.39 Å². The van der Waals surface area contributed by atoms with Crippen LogP contribution in [-0.4, -0.2) is 22.6 Å². The van der Waals surface area contributed by atoms with Crippen molar-refractivity contribution in [1.82, 2.24) is 0 Å². The maximum absolute atomic E-state index is 13.4. The fourth-order valence-corrected chi connectivity index (χ4v) is 1.27. The first-order valence-corrected chi connectivity index (χ1v) is 4.58. The predicted octanol–water partition coefficient (Wildman–Crippen LogP) is 0.946. The molecular weight excluding hydrogens is 213 g/mol. The second kappa shape index (κ2) is 5.35. The first-order valence-electron chi connectivity index (χ1n) is 4.58. The van der Waals surface area contributed by atoms with Crippen molar-refractivity contribution in [3.63, 3.8) is 0 Å². The van der Waals surface area contributed by atoms with E-state index in [1.165, 1.54) is 12.1 Å². The third-order valence-corrected chi connectivity index (χ3v) is 2.14. The summed E-state index contributed by atoms with van der Waals surface area (Å²) < 4.78 is 13.4. The zero-order valence-electron chi connectivity index (χ0n) is 8.30. The standard InChI is InChI=1S/C11H10FNO3/c12-9-5-7(6-14)1-2-8(9)11(16)10(15)3-4-13/h1-2,5-6,10-11,15-16H,3H2. The van der Waals surface area contributed by atoms with Crippen molar-refractivity contribution in [1.29, 1.82) is 5.26 Å². The summed E-state index contributed by atoms with van der Waals surface area (Å²) in [7, 11) is 0. The van der Waals surface area contributed by atoms with Crippen LogP contribution in [0.5, 0.6) is 0 Å². The number of nitrogens with zero attached hydrogens (tertiary/aromatic N) is 1. The highest BCUT2D eigenvalue weighted by Gasteiger charge is 2.21. The van der Waals surface area contributed by atoms with Gasteiger partial charge in [-0.05, 0) is 6.07 Å². The van der Waals surface area contributed by atoms with E-state index in [0.29, 0.717) is 6.29 Å². The number of aliphatic hydroxyl groups is 2. The molecule has 16 heavy (non-hydrogen) atoms. The quantitative estimate of drug-likeness (QED) is 0.744. The third kappa shape index (κ3) is 2.63. The summed E-state index contributed by atoms with van der Waals surface area (Å²) in [6.07, 6.45) is -2.64. The average Bonchev–Trinajstić information content (AvgIpc) is 2.28. The van der Waals surface area contributed by atoms with Crippen molar-refractivity contribution < 1.29 is 19.4 Å². The molecule has 1 aromatic carbocycles. The number of aliphatic hydroxyl groups excluding tert-OH is 2. The number of carbonyl (C=O) groups is 1. The fraction of sp³-hybridized carbons (Fsp3) is 0.273. The first kappa shape index (κ1) is 12.3. The maximum atomic E-state index is 13.4. The Morgan fingerprint density at radius 1 is 1.50 bits per heavy atom. The smallest absolute Gasteiger partial charge is 0.150 e. The van der Waals surface area contributed by atoms with Gasteiger partial charge < -0.3 is 10.2 Å². The van der Waals surface area contributed by atoms with Crippen molar-refractivity contribution in [3.05, 3.63) is 35.1 Å². The third-order valence-electron chi connectivity index (χ3n) is 2.14. The highest BCUT2D eigenvalue weighted by Crippen LogP contribution is 2.22. The second-order valence-corrected chi connectivity index (χ2v) is 3.27. The predicted molar refractivity (Wildman–Crippen MR) is 53.0 cm³/mol. The lowest BCUT2D eigenvalue weighted by molar-refractivity contribution is 0.0195. The van der Waals surface area contributed by atoms with Crippen LogP contribution in [0.2, 0.25) is 0 Å². The largest absolute Gasteiger partial charge is 0.389 e. The van der Waals surface area contributed by atoms with E-state index in [1.807, 2.05) is 0 Å². The molecule has 0 heterocycles. The van der Waals surface area contributed by atoms with Crippen molar-refractivity contribution in [3.8, 4) is 6.07 Å². The summed E-state index contributed by atoms with van der Waals surface area (Å²) in [4.78, 5) is 10.4. The van der Waals surface area contributed by atoms with Gasteiger partial charge in [0.1, 0.15) is 18.2 Å². The number of hydrogen-bond donors (Lipinski definition) is 2. The molecule has 5 heteroatoms. The summed E-state index contributed by atoms with van der Waals surface area (Å²) in [5.74, 6) is -0.783. The van der Waals surface area contributed by atoms with Gasteiger partial charge in [-0.15, -0.1) is 0 Å². The van der Waals surface area contributed by atoms with Gasteiger partial charge in [-0.2, -0.15) is 5.26 Å². The van der Waals surface area contributed by atoms with Crippen LogP contribution in [0.15, 0.2) is 18.2 Å². The van der Waals surface area contributed by atoms with Crippen molar-refractivity contribution in [2.24, 2.45) is 0 Å². The Hall–Kier alpha value is -1.77. The maximum Gasteiger partial charge on any atom is 0.150 e. The Kier molecular flexibility index (Phi) is 4.11. The Morgan fingerprint density at radius 2 is 2.19 bits per heavy atom. The first-order chi connectivity index (χ1) is 7.60. The molecule has 2 unspecified atom stereocenters. The van der Waals surface area contributed by atoms with E-state index in [9.17, 15) is 19.4 Å². The van der Waals surface area contributed by atoms with Gasteiger partial charge >= 0.3 is 0 Å². The van der Waals surface area contributed by atoms with Crippen LogP contribution in [0.1, 0.15) is 28.4 Å². The number of nitriles is 1. The molecule has 2 atom stereocenters. The average molecular weight is 223 g/mol. The van der Waals surface area contributed by atoms with E-state index in [1.54, 1.807) is 6.07 Å². The summed E-state index contributed by atoms with van der Waals surface area (Å²) in [5, 5.41) is 27.2. The van der Waals surface area contributed by atoms with E-state index in [4.69, 9.17) is 5.26 Å². The normalized spacial score (nSPS) is 13.9. The summed E-state index contributed by atoms with van der Waals surface area (Å²) in [5.41, 5.74) is 0.0107. The van der Waals surface area contributed by atoms with Crippen LogP contribution in [-0.2, 0) is 0 Å². The Labute approximate surface area is 91.6 Å². The van der Waals surface area contributed by atoms with Gasteiger partial charge in [-0.1, -0.05) is 12.1 Å².